The maximum atomic E-state index is 12.5. The largest absolute Gasteiger partial charge is 0.369 e. The Morgan fingerprint density at radius 3 is 1.31 bits per heavy atom. The lowest BCUT2D eigenvalue weighted by Gasteiger charge is -2.29. The number of aryl methyl sites for hydroxylation is 4. The molecule has 0 spiro atoms. The average Bonchev–Trinajstić information content (AvgIpc) is 2.64. The van der Waals surface area contributed by atoms with Crippen molar-refractivity contribution in [3.05, 3.63) is 214 Å². The number of nitrogens with one attached hydrogen (secondary N) is 5. The summed E-state index contributed by atoms with van der Waals surface area (Å²) in [5.74, 6) is 0.206. The molecule has 6 heterocycles. The van der Waals surface area contributed by atoms with E-state index in [1.807, 2.05) is 104 Å². The highest BCUT2D eigenvalue weighted by molar-refractivity contribution is 6.10. The Morgan fingerprint density at radius 1 is 0.494 bits per heavy atom. The number of carbonyl (C=O) groups is 5. The Balaban J connectivity index is 0.000000170. The number of fused-ring (bicyclic) bond motifs is 1. The molecular formula is C65H75N15O9. The standard InChI is InChI=1S/C19H24N4O2.C16H16N4O3.C15H18N4O2.C15H17N3O2/c1-14-16(18(25)21-19(20-14)23-12-6-7-13-23)10-11-17(24)22(2)15-8-4-3-5-9-15;1-10-11(16(23)18-9-17-10)6-7-15(22)20-8-14(21)19-12-4-2-3-5-13(12)20;1-10-12(14(21)18-15(16)17-10)8-9-13(20)19(2)11-6-4-3-5-7-11;1-11-13(15(20)17-10-16-11)8-9-14(19)18(2)12-6-4-3-5-7-12/h3-5,8-9H,6-7,10-13H2,1-2H3,(H,20,21,25);2-5,9H,6-8H2,1H3,(H,19,21)(H,17,18,23);3-7H,8-9H2,1-2H3,(H3,16,17,18,21);3-7,10H,8-9H2,1-2H3,(H,16,17,20). The van der Waals surface area contributed by atoms with Crippen LogP contribution in [0.4, 0.5) is 40.3 Å². The molecular weight excluding hydrogens is 1130 g/mol. The smallest absolute Gasteiger partial charge is 0.255 e. The van der Waals surface area contributed by atoms with Gasteiger partial charge >= 0.3 is 0 Å². The van der Waals surface area contributed by atoms with Crippen molar-refractivity contribution < 1.29 is 24.0 Å². The van der Waals surface area contributed by atoms with Crippen LogP contribution in [0.1, 0.15) is 83.6 Å². The Bertz CT molecular complexity index is 4000. The van der Waals surface area contributed by atoms with E-state index in [0.29, 0.717) is 81.6 Å². The van der Waals surface area contributed by atoms with Crippen LogP contribution in [0, 0.1) is 27.7 Å². The van der Waals surface area contributed by atoms with Gasteiger partial charge in [0.2, 0.25) is 41.4 Å². The molecule has 24 nitrogen and oxygen atoms in total. The number of amides is 5. The number of aromatic nitrogens is 8. The summed E-state index contributed by atoms with van der Waals surface area (Å²) >= 11 is 0. The molecule has 10 rings (SSSR count). The lowest BCUT2D eigenvalue weighted by molar-refractivity contribution is -0.121. The number of nitrogens with zero attached hydrogens (tertiary/aromatic N) is 9. The maximum Gasteiger partial charge on any atom is 0.255 e. The predicted molar refractivity (Wildman–Crippen MR) is 345 cm³/mol. The maximum absolute atomic E-state index is 12.5. The van der Waals surface area contributed by atoms with Gasteiger partial charge in [-0.3, -0.25) is 53.1 Å². The lowest BCUT2D eigenvalue weighted by Crippen LogP contribution is -2.42. The number of aromatic amines is 4. The van der Waals surface area contributed by atoms with E-state index >= 15 is 0 Å². The number of carbonyl (C=O) groups excluding carboxylic acids is 5. The van der Waals surface area contributed by atoms with E-state index < -0.39 is 0 Å². The fourth-order valence-corrected chi connectivity index (χ4v) is 9.93. The number of H-pyrrole nitrogens is 4. The highest BCUT2D eigenvalue weighted by Crippen LogP contribution is 2.29. The van der Waals surface area contributed by atoms with Gasteiger partial charge in [-0.25, -0.2) is 19.9 Å². The fourth-order valence-electron chi connectivity index (χ4n) is 9.93. The minimum absolute atomic E-state index is 0.0156. The highest BCUT2D eigenvalue weighted by Gasteiger charge is 2.27. The van der Waals surface area contributed by atoms with E-state index in [2.05, 4.69) is 50.1 Å². The van der Waals surface area contributed by atoms with Crippen molar-refractivity contribution in [2.24, 2.45) is 0 Å². The van der Waals surface area contributed by atoms with Gasteiger partial charge in [0.25, 0.3) is 22.2 Å². The Hall–Kier alpha value is -10.7. The number of hydrogen-bond donors (Lipinski definition) is 6. The number of nitrogens with two attached hydrogens (primary N) is 1. The molecule has 4 aromatic carbocycles. The first-order valence-corrected chi connectivity index (χ1v) is 29.1. The predicted octanol–water partition coefficient (Wildman–Crippen LogP) is 6.20. The van der Waals surface area contributed by atoms with Crippen molar-refractivity contribution >= 4 is 69.9 Å². The summed E-state index contributed by atoms with van der Waals surface area (Å²) in [4.78, 5) is 144. The number of anilines is 7. The summed E-state index contributed by atoms with van der Waals surface area (Å²) in [7, 11) is 5.21. The molecule has 464 valence electrons. The van der Waals surface area contributed by atoms with Gasteiger partial charge in [-0.2, -0.15) is 0 Å². The van der Waals surface area contributed by atoms with Crippen LogP contribution >= 0.6 is 0 Å². The molecule has 1 saturated heterocycles. The molecule has 4 aromatic heterocycles. The highest BCUT2D eigenvalue weighted by atomic mass is 16.2. The first kappa shape index (κ1) is 65.9. The van der Waals surface area contributed by atoms with Crippen molar-refractivity contribution in [3.8, 4) is 0 Å². The minimum Gasteiger partial charge on any atom is -0.369 e. The molecule has 1 fully saturated rings. The normalized spacial score (nSPS) is 12.1. The van der Waals surface area contributed by atoms with Crippen molar-refractivity contribution in [2.75, 3.05) is 76.3 Å². The molecule has 0 radical (unpaired) electrons. The van der Waals surface area contributed by atoms with Crippen molar-refractivity contribution in [1.82, 2.24) is 39.9 Å². The zero-order valence-electron chi connectivity index (χ0n) is 51.1. The second kappa shape index (κ2) is 31.7. The SMILES string of the molecule is Cc1nc(N)[nH]c(=O)c1CCC(=O)N(C)c1ccccc1.Cc1nc(N2CCCC2)[nH]c(=O)c1CCC(=O)N(C)c1ccccc1.Cc1nc[nH]c(=O)c1CCC(=O)N(C)c1ccccc1.Cc1nc[nH]c(=O)c1CCC(=O)N1CC(=O)Nc2ccccc21. The molecule has 2 aliphatic heterocycles. The van der Waals surface area contributed by atoms with Crippen LogP contribution in [0.5, 0.6) is 0 Å². The van der Waals surface area contributed by atoms with Crippen LogP contribution in [-0.2, 0) is 49.7 Å². The van der Waals surface area contributed by atoms with Crippen LogP contribution in [0.3, 0.4) is 0 Å². The molecule has 24 heteroatoms. The van der Waals surface area contributed by atoms with Crippen LogP contribution in [0.2, 0.25) is 0 Å². The number of rotatable bonds is 16. The van der Waals surface area contributed by atoms with Gasteiger partial charge in [-0.05, 0) is 115 Å². The van der Waals surface area contributed by atoms with Crippen molar-refractivity contribution in [3.63, 3.8) is 0 Å². The molecule has 89 heavy (non-hydrogen) atoms. The first-order chi connectivity index (χ1) is 42.7. The molecule has 0 unspecified atom stereocenters. The molecule has 5 amide bonds. The zero-order chi connectivity index (χ0) is 64.1. The number of benzene rings is 4. The number of hydrogen-bond acceptors (Lipinski definition) is 15. The van der Waals surface area contributed by atoms with E-state index in [-0.39, 0.29) is 96.4 Å². The second-order valence-corrected chi connectivity index (χ2v) is 21.2. The van der Waals surface area contributed by atoms with Gasteiger partial charge in [0.05, 0.1) is 24.0 Å². The Morgan fingerprint density at radius 2 is 0.888 bits per heavy atom. The van der Waals surface area contributed by atoms with Gasteiger partial charge in [0.15, 0.2) is 0 Å². The Kier molecular flexibility index (Phi) is 23.4. The summed E-state index contributed by atoms with van der Waals surface area (Å²) in [5, 5.41) is 2.74. The second-order valence-electron chi connectivity index (χ2n) is 21.2. The monoisotopic (exact) mass is 1210 g/mol. The van der Waals surface area contributed by atoms with Crippen LogP contribution < -0.4 is 57.8 Å². The summed E-state index contributed by atoms with van der Waals surface area (Å²) in [6, 6.07) is 35.4. The third kappa shape index (κ3) is 18.2. The van der Waals surface area contributed by atoms with Gasteiger partial charge < -0.3 is 45.5 Å². The van der Waals surface area contributed by atoms with Gasteiger partial charge in [-0.1, -0.05) is 66.7 Å². The third-order valence-electron chi connectivity index (χ3n) is 15.2. The average molecular weight is 1210 g/mol. The van der Waals surface area contributed by atoms with Crippen molar-refractivity contribution in [2.45, 2.75) is 91.9 Å². The summed E-state index contributed by atoms with van der Waals surface area (Å²) < 4.78 is 0. The molecule has 0 atom stereocenters. The topological polar surface area (TPSA) is 323 Å². The first-order valence-electron chi connectivity index (χ1n) is 29.1. The molecule has 2 aliphatic rings. The van der Waals surface area contributed by atoms with Crippen molar-refractivity contribution in [1.29, 1.82) is 0 Å². The molecule has 0 saturated carbocycles. The molecule has 0 aliphatic carbocycles. The molecule has 0 bridgehead atoms. The lowest BCUT2D eigenvalue weighted by atomic mass is 10.1. The Labute approximate surface area is 514 Å². The number of nitrogen functional groups attached to an aromatic ring is 1. The van der Waals surface area contributed by atoms with E-state index in [1.54, 1.807) is 74.8 Å². The zero-order valence-corrected chi connectivity index (χ0v) is 51.1. The van der Waals surface area contributed by atoms with E-state index in [0.717, 1.165) is 43.0 Å². The van der Waals surface area contributed by atoms with E-state index in [1.165, 1.54) is 17.6 Å². The van der Waals surface area contributed by atoms with E-state index in [4.69, 9.17) is 5.73 Å². The summed E-state index contributed by atoms with van der Waals surface area (Å²) in [6.45, 7) is 8.92. The molecule has 7 N–H and O–H groups in total. The van der Waals surface area contributed by atoms with Crippen LogP contribution in [-0.4, -0.2) is 110 Å². The molecule has 8 aromatic rings. The minimum atomic E-state index is -0.282. The van der Waals surface area contributed by atoms with Gasteiger partial charge in [0, 0.05) is 122 Å². The van der Waals surface area contributed by atoms with Crippen LogP contribution in [0.15, 0.2) is 147 Å². The van der Waals surface area contributed by atoms with Crippen LogP contribution in [0.25, 0.3) is 0 Å². The third-order valence-corrected chi connectivity index (χ3v) is 15.2. The fraction of sp³-hybridized carbons (Fsp3) is 0.308. The van der Waals surface area contributed by atoms with Gasteiger partial charge in [-0.15, -0.1) is 0 Å². The van der Waals surface area contributed by atoms with Gasteiger partial charge in [0.1, 0.15) is 6.54 Å². The van der Waals surface area contributed by atoms with E-state index in [9.17, 15) is 43.2 Å². The summed E-state index contributed by atoms with van der Waals surface area (Å²) in [6.07, 6.45) is 7.32. The number of para-hydroxylation sites is 5. The quantitative estimate of drug-likeness (QED) is 0.0627. The summed E-state index contributed by atoms with van der Waals surface area (Å²) in [5.41, 5.74) is 13.2.